The molecule has 0 radical (unpaired) electrons. The van der Waals surface area contributed by atoms with Crippen LogP contribution in [0, 0.1) is 5.41 Å². The monoisotopic (exact) mass is 366 g/mol. The number of carbonyl (C=O) groups is 1. The summed E-state index contributed by atoms with van der Waals surface area (Å²) in [4.78, 5) is 14.2. The van der Waals surface area contributed by atoms with Gasteiger partial charge in [-0.3, -0.25) is 9.97 Å². The predicted octanol–water partition coefficient (Wildman–Crippen LogP) is 2.87. The van der Waals surface area contributed by atoms with Gasteiger partial charge in [0.15, 0.2) is 0 Å². The first-order chi connectivity index (χ1) is 10.8. The molecule has 1 unspecified atom stereocenters. The van der Waals surface area contributed by atoms with Crippen LogP contribution in [0.4, 0.5) is 0 Å². The second-order valence-electron chi connectivity index (χ2n) is 4.46. The van der Waals surface area contributed by atoms with Gasteiger partial charge in [-0.2, -0.15) is 0 Å². The number of esters is 1. The molecular weight excluding hydrogens is 339 g/mol. The maximum atomic E-state index is 13.3. The molecule has 0 bridgehead atoms. The van der Waals surface area contributed by atoms with Gasteiger partial charge in [-0.15, -0.1) is 0 Å². The normalized spacial score (nSPS) is 14.0. The Bertz CT molecular complexity index is 460. The number of hydrogen-bond donors (Lipinski definition) is 1. The third-order valence-electron chi connectivity index (χ3n) is 3.23. The quantitative estimate of drug-likeness (QED) is 0.198. The van der Waals surface area contributed by atoms with E-state index in [1.54, 1.807) is 25.7 Å². The number of ether oxygens (including phenoxy) is 1. The van der Waals surface area contributed by atoms with Crippen LogP contribution in [0.2, 0.25) is 0 Å². The molecule has 0 aromatic carbocycles. The third kappa shape index (κ3) is 4.38. The molecule has 0 rings (SSSR count). The zero-order valence-electron chi connectivity index (χ0n) is 14.5. The highest BCUT2D eigenvalue weighted by Gasteiger charge is 2.61. The second kappa shape index (κ2) is 10.1. The summed E-state index contributed by atoms with van der Waals surface area (Å²) in [6.07, 6.45) is 0. The summed E-state index contributed by atoms with van der Waals surface area (Å²) in [5, 5.41) is 7.39. The Hall–Kier alpha value is -0.820. The van der Waals surface area contributed by atoms with Gasteiger partial charge in [-0.1, -0.05) is 12.2 Å². The maximum absolute atomic E-state index is 13.3. The summed E-state index contributed by atoms with van der Waals surface area (Å²) in [7, 11) is -4.08. The molecule has 0 amide bonds. The van der Waals surface area contributed by atoms with E-state index >= 15 is 0 Å². The molecule has 9 heteroatoms. The van der Waals surface area contributed by atoms with E-state index in [0.717, 1.165) is 5.37 Å². The summed E-state index contributed by atoms with van der Waals surface area (Å²) in [5.41, 5.74) is 0. The molecule has 0 aliphatic carbocycles. The smallest absolute Gasteiger partial charge is 0.360 e. The van der Waals surface area contributed by atoms with E-state index in [0.29, 0.717) is 13.1 Å². The Balaban J connectivity index is 6.34. The molecule has 0 aromatic rings. The van der Waals surface area contributed by atoms with Crippen molar-refractivity contribution in [2.75, 3.05) is 32.9 Å². The van der Waals surface area contributed by atoms with Crippen molar-refractivity contribution in [1.82, 2.24) is 4.90 Å². The molecule has 7 nitrogen and oxygen atoms in total. The zero-order valence-corrected chi connectivity index (χ0v) is 16.2. The fourth-order valence-electron chi connectivity index (χ4n) is 2.11. The van der Waals surface area contributed by atoms with Crippen molar-refractivity contribution < 1.29 is 23.1 Å². The van der Waals surface area contributed by atoms with Gasteiger partial charge in [0.25, 0.3) is 5.16 Å². The SMILES string of the molecule is CCOC(=O)C(C=S)(C(=N)N(CC)CC)P(=O)(OCC)OCC. The number of carbonyl (C=O) groups excluding carboxylic acids is 1. The Kier molecular flexibility index (Phi) is 9.77. The van der Waals surface area contributed by atoms with Crippen LogP contribution in [0.25, 0.3) is 0 Å². The van der Waals surface area contributed by atoms with Gasteiger partial charge in [0.05, 0.1) is 19.8 Å². The number of amidine groups is 1. The minimum atomic E-state index is -4.08. The molecule has 1 atom stereocenters. The van der Waals surface area contributed by atoms with E-state index in [9.17, 15) is 9.36 Å². The van der Waals surface area contributed by atoms with Crippen molar-refractivity contribution in [3.05, 3.63) is 0 Å². The van der Waals surface area contributed by atoms with Crippen LogP contribution in [-0.4, -0.2) is 60.1 Å². The Morgan fingerprint density at radius 2 is 1.61 bits per heavy atom. The van der Waals surface area contributed by atoms with Crippen LogP contribution in [0.1, 0.15) is 34.6 Å². The lowest BCUT2D eigenvalue weighted by Gasteiger charge is -2.37. The molecule has 1 N–H and O–H groups in total. The summed E-state index contributed by atoms with van der Waals surface area (Å²) >= 11 is 5.02. The van der Waals surface area contributed by atoms with Crippen LogP contribution in [0.3, 0.4) is 0 Å². The van der Waals surface area contributed by atoms with Crippen LogP contribution in [0.15, 0.2) is 0 Å². The fourth-order valence-corrected chi connectivity index (χ4v) is 4.68. The maximum Gasteiger partial charge on any atom is 0.360 e. The lowest BCUT2D eigenvalue weighted by atomic mass is 10.1. The van der Waals surface area contributed by atoms with E-state index in [-0.39, 0.29) is 25.7 Å². The van der Waals surface area contributed by atoms with Gasteiger partial charge < -0.3 is 18.7 Å². The summed E-state index contributed by atoms with van der Waals surface area (Å²) in [5.74, 6) is -1.13. The van der Waals surface area contributed by atoms with Crippen molar-refractivity contribution in [3.8, 4) is 0 Å². The summed E-state index contributed by atoms with van der Waals surface area (Å²) in [6.45, 7) is 9.58. The largest absolute Gasteiger partial charge is 0.464 e. The topological polar surface area (TPSA) is 88.9 Å². The van der Waals surface area contributed by atoms with Gasteiger partial charge in [0.1, 0.15) is 5.84 Å². The van der Waals surface area contributed by atoms with E-state index < -0.39 is 18.7 Å². The molecular formula is C14H27N2O5PS. The lowest BCUT2D eigenvalue weighted by molar-refractivity contribution is -0.143. The van der Waals surface area contributed by atoms with Crippen LogP contribution < -0.4 is 0 Å². The van der Waals surface area contributed by atoms with E-state index in [1.165, 1.54) is 0 Å². The summed E-state index contributed by atoms with van der Waals surface area (Å²) in [6, 6.07) is 0. The fraction of sp³-hybridized carbons (Fsp3) is 0.786. The molecule has 134 valence electrons. The summed E-state index contributed by atoms with van der Waals surface area (Å²) < 4.78 is 29.1. The van der Waals surface area contributed by atoms with Crippen LogP contribution in [-0.2, 0) is 23.1 Å². The third-order valence-corrected chi connectivity index (χ3v) is 6.34. The van der Waals surface area contributed by atoms with Gasteiger partial charge >= 0.3 is 13.6 Å². The number of thiocarbonyl (C=S) groups is 1. The Labute approximate surface area is 143 Å². The molecule has 0 saturated carbocycles. The number of nitrogens with one attached hydrogen (secondary N) is 1. The minimum Gasteiger partial charge on any atom is -0.464 e. The molecule has 0 aromatic heterocycles. The van der Waals surface area contributed by atoms with Crippen molar-refractivity contribution in [3.63, 3.8) is 0 Å². The molecule has 0 spiro atoms. The Morgan fingerprint density at radius 1 is 1.13 bits per heavy atom. The zero-order chi connectivity index (χ0) is 18.1. The average Bonchev–Trinajstić information content (AvgIpc) is 2.50. The van der Waals surface area contributed by atoms with E-state index in [1.807, 2.05) is 13.8 Å². The Morgan fingerprint density at radius 3 is 1.91 bits per heavy atom. The number of rotatable bonds is 11. The van der Waals surface area contributed by atoms with Crippen molar-refractivity contribution in [2.24, 2.45) is 0 Å². The molecule has 0 fully saturated rings. The highest BCUT2D eigenvalue weighted by Crippen LogP contribution is 2.60. The number of nitrogens with zero attached hydrogens (tertiary/aromatic N) is 1. The first-order valence-electron chi connectivity index (χ1n) is 7.71. The van der Waals surface area contributed by atoms with Gasteiger partial charge in [0.2, 0.25) is 0 Å². The van der Waals surface area contributed by atoms with Gasteiger partial charge in [-0.05, 0) is 34.6 Å². The van der Waals surface area contributed by atoms with E-state index in [4.69, 9.17) is 31.4 Å². The van der Waals surface area contributed by atoms with E-state index in [2.05, 4.69) is 0 Å². The highest BCUT2D eigenvalue weighted by molar-refractivity contribution is 7.80. The highest BCUT2D eigenvalue weighted by atomic mass is 32.1. The van der Waals surface area contributed by atoms with Crippen molar-refractivity contribution >= 4 is 37.0 Å². The standard InChI is InChI=1S/C14H27N2O5PS/c1-6-16(7-2)12(15)14(11-23,13(17)19-8-3)22(18,20-9-4)21-10-5/h11,15H,6-10H2,1-5H3. The lowest BCUT2D eigenvalue weighted by Crippen LogP contribution is -2.55. The van der Waals surface area contributed by atoms with Crippen LogP contribution >= 0.6 is 19.8 Å². The second-order valence-corrected chi connectivity index (χ2v) is 6.91. The average molecular weight is 366 g/mol. The van der Waals surface area contributed by atoms with Crippen molar-refractivity contribution in [2.45, 2.75) is 39.8 Å². The molecule has 0 heterocycles. The van der Waals surface area contributed by atoms with Crippen molar-refractivity contribution in [1.29, 1.82) is 5.41 Å². The first-order valence-corrected chi connectivity index (χ1v) is 9.73. The predicted molar refractivity (Wildman–Crippen MR) is 94.5 cm³/mol. The molecule has 23 heavy (non-hydrogen) atoms. The van der Waals surface area contributed by atoms with Gasteiger partial charge in [-0.25, -0.2) is 4.79 Å². The minimum absolute atomic E-state index is 0.0487. The molecule has 0 aliphatic heterocycles. The molecule has 0 aliphatic rings. The van der Waals surface area contributed by atoms with Gasteiger partial charge in [0, 0.05) is 18.5 Å². The van der Waals surface area contributed by atoms with Crippen LogP contribution in [0.5, 0.6) is 0 Å². The first kappa shape index (κ1) is 22.2. The number of hydrogen-bond acceptors (Lipinski definition) is 7. The molecule has 0 saturated heterocycles.